The Morgan fingerprint density at radius 3 is 2.53 bits per heavy atom. The fourth-order valence-corrected chi connectivity index (χ4v) is 4.58. The molecule has 1 atom stereocenters. The predicted octanol–water partition coefficient (Wildman–Crippen LogP) is 5.60. The van der Waals surface area contributed by atoms with Crippen LogP contribution in [0.25, 0.3) is 11.0 Å². The fraction of sp³-hybridized carbons (Fsp3) is 0.185. The van der Waals surface area contributed by atoms with E-state index in [0.717, 1.165) is 11.1 Å². The van der Waals surface area contributed by atoms with Gasteiger partial charge in [0.05, 0.1) is 30.7 Å². The molecule has 34 heavy (non-hydrogen) atoms. The minimum Gasteiger partial charge on any atom is -0.493 e. The Labute approximate surface area is 201 Å². The lowest BCUT2D eigenvalue weighted by Crippen LogP contribution is -2.29. The van der Waals surface area contributed by atoms with Gasteiger partial charge in [-0.15, -0.1) is 0 Å². The van der Waals surface area contributed by atoms with E-state index < -0.39 is 6.04 Å². The standard InChI is InChI=1S/C27H22ClNO5/c1-3-33-21-11-9-17(13-22(21)32-2)24-23-25(30)19-14-18(28)10-12-20(19)34-26(23)27(31)29(24)15-16-7-5-4-6-8-16/h4-14,24H,3,15H2,1-2H3. The number of rotatable bonds is 6. The average Bonchev–Trinajstić information content (AvgIpc) is 3.12. The van der Waals surface area contributed by atoms with Gasteiger partial charge in [-0.1, -0.05) is 48.0 Å². The van der Waals surface area contributed by atoms with Crippen molar-refractivity contribution in [1.29, 1.82) is 0 Å². The van der Waals surface area contributed by atoms with Crippen molar-refractivity contribution in [2.45, 2.75) is 19.5 Å². The second-order valence-electron chi connectivity index (χ2n) is 7.98. The summed E-state index contributed by atoms with van der Waals surface area (Å²) >= 11 is 6.16. The van der Waals surface area contributed by atoms with E-state index in [1.54, 1.807) is 42.3 Å². The first kappa shape index (κ1) is 22.0. The molecule has 7 heteroatoms. The van der Waals surface area contributed by atoms with E-state index in [-0.39, 0.29) is 17.1 Å². The quantitative estimate of drug-likeness (QED) is 0.363. The number of carbonyl (C=O) groups is 1. The third kappa shape index (κ3) is 3.70. The Morgan fingerprint density at radius 2 is 1.79 bits per heavy atom. The maximum absolute atomic E-state index is 13.7. The molecular weight excluding hydrogens is 454 g/mol. The Hall–Kier alpha value is -3.77. The SMILES string of the molecule is CCOc1ccc(C2c3c(oc4ccc(Cl)cc4c3=O)C(=O)N2Cc2ccccc2)cc1OC. The zero-order chi connectivity index (χ0) is 23.8. The van der Waals surface area contributed by atoms with Gasteiger partial charge in [0.25, 0.3) is 5.91 Å². The molecule has 5 rings (SSSR count). The van der Waals surface area contributed by atoms with Crippen LogP contribution in [0.5, 0.6) is 11.5 Å². The van der Waals surface area contributed by atoms with Crippen LogP contribution in [0.1, 0.15) is 40.2 Å². The molecule has 2 heterocycles. The Bertz CT molecular complexity index is 1450. The number of benzene rings is 3. The Morgan fingerprint density at radius 1 is 1.00 bits per heavy atom. The highest BCUT2D eigenvalue weighted by Crippen LogP contribution is 2.41. The van der Waals surface area contributed by atoms with Crippen LogP contribution in [0, 0.1) is 0 Å². The molecule has 1 aromatic heterocycles. The lowest BCUT2D eigenvalue weighted by Gasteiger charge is -2.26. The van der Waals surface area contributed by atoms with Crippen molar-refractivity contribution in [3.63, 3.8) is 0 Å². The number of nitrogens with zero attached hydrogens (tertiary/aromatic N) is 1. The number of carbonyl (C=O) groups excluding carboxylic acids is 1. The molecule has 0 saturated heterocycles. The van der Waals surface area contributed by atoms with Crippen molar-refractivity contribution in [3.8, 4) is 11.5 Å². The molecule has 0 bridgehead atoms. The molecule has 0 spiro atoms. The molecule has 4 aromatic rings. The van der Waals surface area contributed by atoms with Crippen molar-refractivity contribution in [3.05, 3.63) is 104 Å². The van der Waals surface area contributed by atoms with Crippen LogP contribution in [0.4, 0.5) is 0 Å². The van der Waals surface area contributed by atoms with Gasteiger partial charge in [-0.2, -0.15) is 0 Å². The van der Waals surface area contributed by atoms with Gasteiger partial charge in [-0.3, -0.25) is 9.59 Å². The minimum absolute atomic E-state index is 0.0496. The van der Waals surface area contributed by atoms with Crippen LogP contribution in [0.15, 0.2) is 75.9 Å². The molecule has 1 unspecified atom stereocenters. The maximum atomic E-state index is 13.7. The first-order chi connectivity index (χ1) is 16.5. The van der Waals surface area contributed by atoms with E-state index in [9.17, 15) is 9.59 Å². The molecule has 1 amide bonds. The van der Waals surface area contributed by atoms with Crippen LogP contribution < -0.4 is 14.9 Å². The third-order valence-corrected chi connectivity index (χ3v) is 6.16. The van der Waals surface area contributed by atoms with E-state index in [0.29, 0.717) is 46.2 Å². The van der Waals surface area contributed by atoms with Gasteiger partial charge in [0.15, 0.2) is 16.9 Å². The van der Waals surface area contributed by atoms with Crippen molar-refractivity contribution < 1.29 is 18.7 Å². The Kier molecular flexibility index (Phi) is 5.75. The van der Waals surface area contributed by atoms with Crippen LogP contribution in [0.2, 0.25) is 5.02 Å². The lowest BCUT2D eigenvalue weighted by molar-refractivity contribution is 0.0714. The van der Waals surface area contributed by atoms with Crippen LogP contribution in [-0.4, -0.2) is 24.5 Å². The molecule has 0 saturated carbocycles. The summed E-state index contributed by atoms with van der Waals surface area (Å²) in [7, 11) is 1.56. The molecule has 0 fully saturated rings. The summed E-state index contributed by atoms with van der Waals surface area (Å²) in [5.41, 5.74) is 2.00. The number of methoxy groups -OCH3 is 1. The summed E-state index contributed by atoms with van der Waals surface area (Å²) in [6.45, 7) is 2.68. The van der Waals surface area contributed by atoms with E-state index in [1.165, 1.54) is 0 Å². The van der Waals surface area contributed by atoms with E-state index in [1.807, 2.05) is 43.3 Å². The number of halogens is 1. The predicted molar refractivity (Wildman–Crippen MR) is 130 cm³/mol. The van der Waals surface area contributed by atoms with Gasteiger partial charge in [0.1, 0.15) is 5.58 Å². The van der Waals surface area contributed by atoms with Gasteiger partial charge < -0.3 is 18.8 Å². The smallest absolute Gasteiger partial charge is 0.291 e. The molecule has 0 radical (unpaired) electrons. The van der Waals surface area contributed by atoms with Gasteiger partial charge >= 0.3 is 0 Å². The number of ether oxygens (including phenoxy) is 2. The fourth-order valence-electron chi connectivity index (χ4n) is 4.41. The zero-order valence-corrected chi connectivity index (χ0v) is 19.5. The van der Waals surface area contributed by atoms with Gasteiger partial charge in [0, 0.05) is 11.6 Å². The number of amides is 1. The van der Waals surface area contributed by atoms with Crippen molar-refractivity contribution in [2.75, 3.05) is 13.7 Å². The van der Waals surface area contributed by atoms with Crippen molar-refractivity contribution in [1.82, 2.24) is 4.90 Å². The van der Waals surface area contributed by atoms with Crippen LogP contribution >= 0.6 is 11.6 Å². The number of fused-ring (bicyclic) bond motifs is 2. The molecule has 1 aliphatic rings. The molecule has 1 aliphatic heterocycles. The second-order valence-corrected chi connectivity index (χ2v) is 8.42. The third-order valence-electron chi connectivity index (χ3n) is 5.93. The first-order valence-corrected chi connectivity index (χ1v) is 11.3. The van der Waals surface area contributed by atoms with E-state index >= 15 is 0 Å². The second kappa shape index (κ2) is 8.88. The summed E-state index contributed by atoms with van der Waals surface area (Å²) in [5, 5.41) is 0.757. The summed E-state index contributed by atoms with van der Waals surface area (Å²) in [6, 6.07) is 19.2. The van der Waals surface area contributed by atoms with Crippen molar-refractivity contribution in [2.24, 2.45) is 0 Å². The largest absolute Gasteiger partial charge is 0.493 e. The Balaban J connectivity index is 1.72. The van der Waals surface area contributed by atoms with Crippen molar-refractivity contribution >= 4 is 28.5 Å². The highest BCUT2D eigenvalue weighted by molar-refractivity contribution is 6.31. The van der Waals surface area contributed by atoms with Gasteiger partial charge in [0.2, 0.25) is 5.76 Å². The minimum atomic E-state index is -0.660. The molecule has 0 N–H and O–H groups in total. The number of hydrogen-bond donors (Lipinski definition) is 0. The van der Waals surface area contributed by atoms with E-state index in [4.69, 9.17) is 25.5 Å². The highest BCUT2D eigenvalue weighted by atomic mass is 35.5. The normalized spacial score (nSPS) is 15.0. The van der Waals surface area contributed by atoms with Gasteiger partial charge in [-0.05, 0) is 48.4 Å². The molecular formula is C27H22ClNO5. The number of hydrogen-bond acceptors (Lipinski definition) is 5. The zero-order valence-electron chi connectivity index (χ0n) is 18.7. The first-order valence-electron chi connectivity index (χ1n) is 10.9. The average molecular weight is 476 g/mol. The molecule has 172 valence electrons. The molecule has 3 aromatic carbocycles. The highest BCUT2D eigenvalue weighted by Gasteiger charge is 2.43. The summed E-state index contributed by atoms with van der Waals surface area (Å²) in [6.07, 6.45) is 0. The lowest BCUT2D eigenvalue weighted by atomic mass is 9.97. The van der Waals surface area contributed by atoms with E-state index in [2.05, 4.69) is 0 Å². The van der Waals surface area contributed by atoms with Crippen LogP contribution in [0.3, 0.4) is 0 Å². The molecule has 6 nitrogen and oxygen atoms in total. The summed E-state index contributed by atoms with van der Waals surface area (Å²) < 4.78 is 17.2. The summed E-state index contributed by atoms with van der Waals surface area (Å²) in [5.74, 6) is 0.817. The summed E-state index contributed by atoms with van der Waals surface area (Å²) in [4.78, 5) is 28.9. The van der Waals surface area contributed by atoms with Gasteiger partial charge in [-0.25, -0.2) is 0 Å². The maximum Gasteiger partial charge on any atom is 0.291 e. The molecule has 0 aliphatic carbocycles. The topological polar surface area (TPSA) is 69.0 Å². The monoisotopic (exact) mass is 475 g/mol. The van der Waals surface area contributed by atoms with Crippen LogP contribution in [-0.2, 0) is 6.54 Å².